The fraction of sp³-hybridized carbons (Fsp3) is 0.333. The Morgan fingerprint density at radius 3 is 2.63 bits per heavy atom. The van der Waals surface area contributed by atoms with Crippen LogP contribution in [0.3, 0.4) is 0 Å². The third-order valence-corrected chi connectivity index (χ3v) is 3.42. The third kappa shape index (κ3) is 3.59. The largest absolute Gasteiger partial charge is 0.345 e. The van der Waals surface area contributed by atoms with Crippen molar-refractivity contribution in [3.05, 3.63) is 28.2 Å². The van der Waals surface area contributed by atoms with Gasteiger partial charge in [-0.3, -0.25) is 9.59 Å². The Bertz CT molecular complexity index is 530. The molecule has 1 aliphatic carbocycles. The first kappa shape index (κ1) is 14.1. The van der Waals surface area contributed by atoms with Crippen LogP contribution < -0.4 is 16.4 Å². The molecule has 0 saturated heterocycles. The summed E-state index contributed by atoms with van der Waals surface area (Å²) in [5, 5.41) is 5.89. The van der Waals surface area contributed by atoms with Crippen LogP contribution in [-0.2, 0) is 9.59 Å². The summed E-state index contributed by atoms with van der Waals surface area (Å²) in [6, 6.07) is 4.73. The molecule has 0 atom stereocenters. The lowest BCUT2D eigenvalue weighted by molar-refractivity contribution is -0.125. The highest BCUT2D eigenvalue weighted by atomic mass is 35.5. The van der Waals surface area contributed by atoms with Gasteiger partial charge in [-0.05, 0) is 31.0 Å². The van der Waals surface area contributed by atoms with Gasteiger partial charge in [0.15, 0.2) is 0 Å². The van der Waals surface area contributed by atoms with Crippen molar-refractivity contribution in [2.24, 2.45) is 5.73 Å². The van der Waals surface area contributed by atoms with E-state index in [9.17, 15) is 9.59 Å². The van der Waals surface area contributed by atoms with Crippen LogP contribution in [0.1, 0.15) is 12.8 Å². The van der Waals surface area contributed by atoms with E-state index >= 15 is 0 Å². The molecule has 0 unspecified atom stereocenters. The van der Waals surface area contributed by atoms with Gasteiger partial charge in [0.2, 0.25) is 11.8 Å². The van der Waals surface area contributed by atoms with Gasteiger partial charge in [-0.1, -0.05) is 23.2 Å². The van der Waals surface area contributed by atoms with Crippen LogP contribution in [0, 0.1) is 0 Å². The van der Waals surface area contributed by atoms with Crippen LogP contribution >= 0.6 is 23.2 Å². The predicted molar refractivity (Wildman–Crippen MR) is 74.3 cm³/mol. The minimum absolute atomic E-state index is 0.152. The maximum atomic E-state index is 11.7. The van der Waals surface area contributed by atoms with Gasteiger partial charge in [0.05, 0.1) is 22.8 Å². The van der Waals surface area contributed by atoms with Gasteiger partial charge in [-0.15, -0.1) is 0 Å². The lowest BCUT2D eigenvalue weighted by atomic mass is 10.2. The molecule has 2 amide bonds. The van der Waals surface area contributed by atoms with E-state index in [0.717, 1.165) is 0 Å². The average Bonchev–Trinajstić information content (AvgIpc) is 3.10. The van der Waals surface area contributed by atoms with Crippen molar-refractivity contribution in [3.63, 3.8) is 0 Å². The fourth-order valence-corrected chi connectivity index (χ4v) is 1.82. The van der Waals surface area contributed by atoms with E-state index in [0.29, 0.717) is 28.6 Å². The molecule has 0 radical (unpaired) electrons. The Hall–Kier alpha value is -1.30. The topological polar surface area (TPSA) is 84.2 Å². The Labute approximate surface area is 120 Å². The fourth-order valence-electron chi connectivity index (χ4n) is 1.49. The zero-order valence-corrected chi connectivity index (χ0v) is 11.5. The Morgan fingerprint density at radius 1 is 1.32 bits per heavy atom. The molecule has 5 nitrogen and oxygen atoms in total. The molecule has 0 spiro atoms. The molecule has 1 aliphatic rings. The van der Waals surface area contributed by atoms with Gasteiger partial charge in [-0.25, -0.2) is 0 Å². The number of nitrogens with one attached hydrogen (secondary N) is 2. The molecule has 0 heterocycles. The summed E-state index contributed by atoms with van der Waals surface area (Å²) in [7, 11) is 0. The molecule has 1 saturated carbocycles. The maximum Gasteiger partial charge on any atom is 0.243 e. The number of anilines is 1. The minimum atomic E-state index is -0.784. The van der Waals surface area contributed by atoms with Gasteiger partial charge in [0.1, 0.15) is 0 Å². The monoisotopic (exact) mass is 301 g/mol. The quantitative estimate of drug-likeness (QED) is 0.789. The number of carbonyl (C=O) groups excluding carboxylic acids is 2. The number of hydrogen-bond acceptors (Lipinski definition) is 3. The molecule has 1 fully saturated rings. The van der Waals surface area contributed by atoms with Gasteiger partial charge in [0.25, 0.3) is 0 Å². The molecule has 0 aliphatic heterocycles. The second-order valence-electron chi connectivity index (χ2n) is 4.51. The maximum absolute atomic E-state index is 11.7. The highest BCUT2D eigenvalue weighted by Crippen LogP contribution is 2.32. The normalized spacial score (nSPS) is 15.7. The molecule has 4 N–H and O–H groups in total. The van der Waals surface area contributed by atoms with Crippen LogP contribution in [0.5, 0.6) is 0 Å². The highest BCUT2D eigenvalue weighted by molar-refractivity contribution is 6.35. The first-order valence-electron chi connectivity index (χ1n) is 5.73. The molecule has 1 aromatic rings. The molecular weight excluding hydrogens is 289 g/mol. The van der Waals surface area contributed by atoms with Crippen LogP contribution in [-0.4, -0.2) is 23.9 Å². The molecule has 7 heteroatoms. The van der Waals surface area contributed by atoms with Gasteiger partial charge in [0, 0.05) is 5.02 Å². The van der Waals surface area contributed by atoms with Crippen molar-refractivity contribution in [1.82, 2.24) is 5.32 Å². The molecule has 19 heavy (non-hydrogen) atoms. The van der Waals surface area contributed by atoms with E-state index in [2.05, 4.69) is 10.6 Å². The minimum Gasteiger partial charge on any atom is -0.345 e. The van der Waals surface area contributed by atoms with Crippen LogP contribution in [0.2, 0.25) is 10.0 Å². The molecule has 2 rings (SSSR count). The van der Waals surface area contributed by atoms with Crippen molar-refractivity contribution >= 4 is 40.7 Å². The molecule has 1 aromatic carbocycles. The summed E-state index contributed by atoms with van der Waals surface area (Å²) >= 11 is 11.7. The Balaban J connectivity index is 1.87. The first-order valence-corrected chi connectivity index (χ1v) is 6.48. The summed E-state index contributed by atoms with van der Waals surface area (Å²) in [4.78, 5) is 23.2. The van der Waals surface area contributed by atoms with Crippen molar-refractivity contribution in [3.8, 4) is 0 Å². The predicted octanol–water partition coefficient (Wildman–Crippen LogP) is 1.54. The summed E-state index contributed by atoms with van der Waals surface area (Å²) in [6.07, 6.45) is 1.31. The van der Waals surface area contributed by atoms with Crippen molar-refractivity contribution in [2.45, 2.75) is 18.4 Å². The van der Waals surface area contributed by atoms with Gasteiger partial charge < -0.3 is 16.4 Å². The van der Waals surface area contributed by atoms with Crippen LogP contribution in [0.15, 0.2) is 18.2 Å². The highest BCUT2D eigenvalue weighted by Gasteiger charge is 2.45. The summed E-state index contributed by atoms with van der Waals surface area (Å²) in [6.45, 7) is -0.152. The third-order valence-electron chi connectivity index (χ3n) is 2.85. The van der Waals surface area contributed by atoms with Gasteiger partial charge >= 0.3 is 0 Å². The number of amides is 2. The van der Waals surface area contributed by atoms with E-state index in [1.54, 1.807) is 12.1 Å². The molecule has 102 valence electrons. The zero-order valence-electron chi connectivity index (χ0n) is 10.0. The Morgan fingerprint density at radius 2 is 2.00 bits per heavy atom. The zero-order chi connectivity index (χ0) is 14.0. The number of carbonyl (C=O) groups is 2. The van der Waals surface area contributed by atoms with E-state index < -0.39 is 5.54 Å². The van der Waals surface area contributed by atoms with Crippen molar-refractivity contribution in [2.75, 3.05) is 11.9 Å². The first-order chi connectivity index (χ1) is 8.90. The molecular formula is C12H13Cl2N3O2. The number of benzene rings is 1. The van der Waals surface area contributed by atoms with E-state index in [-0.39, 0.29) is 18.4 Å². The number of nitrogens with two attached hydrogens (primary N) is 1. The lowest BCUT2D eigenvalue weighted by Crippen LogP contribution is -2.45. The summed E-state index contributed by atoms with van der Waals surface area (Å²) in [5.41, 5.74) is 5.31. The lowest BCUT2D eigenvalue weighted by Gasteiger charge is -2.11. The second-order valence-corrected chi connectivity index (χ2v) is 5.35. The smallest absolute Gasteiger partial charge is 0.243 e. The average molecular weight is 302 g/mol. The van der Waals surface area contributed by atoms with Gasteiger partial charge in [-0.2, -0.15) is 0 Å². The number of halogens is 2. The molecule has 0 bridgehead atoms. The Kier molecular flexibility index (Phi) is 3.99. The summed E-state index contributed by atoms with van der Waals surface area (Å²) in [5.74, 6) is -0.693. The second kappa shape index (κ2) is 5.36. The number of rotatable bonds is 4. The molecule has 0 aromatic heterocycles. The van der Waals surface area contributed by atoms with Crippen LogP contribution in [0.4, 0.5) is 5.69 Å². The van der Waals surface area contributed by atoms with E-state index in [4.69, 9.17) is 28.9 Å². The standard InChI is InChI=1S/C12H13Cl2N3O2/c13-7-1-2-8(14)9(5-7)17-10(18)6-16-11(19)12(15)3-4-12/h1-2,5H,3-4,6,15H2,(H,16,19)(H,17,18). The van der Waals surface area contributed by atoms with E-state index in [1.807, 2.05) is 0 Å². The van der Waals surface area contributed by atoms with Crippen molar-refractivity contribution in [1.29, 1.82) is 0 Å². The SMILES string of the molecule is NC1(C(=O)NCC(=O)Nc2cc(Cl)ccc2Cl)CC1. The summed E-state index contributed by atoms with van der Waals surface area (Å²) < 4.78 is 0. The van der Waals surface area contributed by atoms with Crippen molar-refractivity contribution < 1.29 is 9.59 Å². The van der Waals surface area contributed by atoms with E-state index in [1.165, 1.54) is 6.07 Å². The van der Waals surface area contributed by atoms with Crippen LogP contribution in [0.25, 0.3) is 0 Å². The number of hydrogen-bond donors (Lipinski definition) is 3.